The number of fused-ring (bicyclic) bond motifs is 8. The standard InChI is InChI=1S/C40H65NOS/c1-2-11-29(12-3-1)41(31-22-17-26-9-4-5-10-28(26)25-31)30-20-18-27(19-21-30)32-14-8-15-33-34-23-24-37-38(40(34)43-39(32)33)35-13-6-7-16-36(35)42-37/h26-40H,1-25H2. The Labute approximate surface area is 269 Å². The number of thioether (sulfide) groups is 1. The molecule has 7 saturated carbocycles. The summed E-state index contributed by atoms with van der Waals surface area (Å²) in [5, 5.41) is 1.96. The maximum Gasteiger partial charge on any atom is 0.0621 e. The molecular weight excluding hydrogens is 543 g/mol. The minimum atomic E-state index is 0.630. The van der Waals surface area contributed by atoms with Gasteiger partial charge < -0.3 is 4.74 Å². The van der Waals surface area contributed by atoms with Gasteiger partial charge >= 0.3 is 0 Å². The van der Waals surface area contributed by atoms with E-state index in [1.807, 2.05) is 0 Å². The summed E-state index contributed by atoms with van der Waals surface area (Å²) in [6, 6.07) is 2.78. The average molecular weight is 608 g/mol. The number of rotatable bonds is 4. The van der Waals surface area contributed by atoms with Gasteiger partial charge in [-0.1, -0.05) is 64.2 Å². The van der Waals surface area contributed by atoms with Gasteiger partial charge in [-0.25, -0.2) is 0 Å². The fourth-order valence-corrected chi connectivity index (χ4v) is 16.9. The molecule has 12 atom stereocenters. The minimum absolute atomic E-state index is 0.630. The quantitative estimate of drug-likeness (QED) is 0.315. The zero-order valence-corrected chi connectivity index (χ0v) is 28.4. The Morgan fingerprint density at radius 1 is 0.395 bits per heavy atom. The Morgan fingerprint density at radius 3 is 1.93 bits per heavy atom. The van der Waals surface area contributed by atoms with Gasteiger partial charge in [0.15, 0.2) is 0 Å². The van der Waals surface area contributed by atoms with Crippen molar-refractivity contribution in [1.29, 1.82) is 0 Å². The molecule has 9 rings (SSSR count). The molecule has 0 radical (unpaired) electrons. The summed E-state index contributed by atoms with van der Waals surface area (Å²) in [6.07, 6.45) is 39.2. The molecule has 0 amide bonds. The van der Waals surface area contributed by atoms with Crippen LogP contribution in [0.4, 0.5) is 0 Å². The summed E-state index contributed by atoms with van der Waals surface area (Å²) in [5.41, 5.74) is 0. The van der Waals surface area contributed by atoms with E-state index in [0.29, 0.717) is 12.2 Å². The monoisotopic (exact) mass is 607 g/mol. The Hall–Kier alpha value is 0.270. The zero-order valence-electron chi connectivity index (χ0n) is 27.6. The van der Waals surface area contributed by atoms with Crippen LogP contribution in [-0.4, -0.2) is 45.7 Å². The van der Waals surface area contributed by atoms with E-state index in [2.05, 4.69) is 16.7 Å². The first-order valence-corrected chi connectivity index (χ1v) is 21.3. The van der Waals surface area contributed by atoms with Crippen LogP contribution in [0.5, 0.6) is 0 Å². The lowest BCUT2D eigenvalue weighted by Crippen LogP contribution is -2.54. The van der Waals surface area contributed by atoms with E-state index in [1.165, 1.54) is 89.9 Å². The third kappa shape index (κ3) is 5.44. The van der Waals surface area contributed by atoms with Crippen LogP contribution in [-0.2, 0) is 4.74 Å². The normalized spacial score (nSPS) is 52.1. The van der Waals surface area contributed by atoms with Crippen LogP contribution in [0, 0.1) is 47.3 Å². The van der Waals surface area contributed by atoms with E-state index in [9.17, 15) is 0 Å². The van der Waals surface area contributed by atoms with E-state index >= 15 is 0 Å². The molecule has 3 heteroatoms. The van der Waals surface area contributed by atoms with Gasteiger partial charge in [-0.3, -0.25) is 4.90 Å². The molecule has 2 heterocycles. The van der Waals surface area contributed by atoms with E-state index in [4.69, 9.17) is 4.74 Å². The second-order valence-electron chi connectivity index (χ2n) is 17.9. The van der Waals surface area contributed by atoms with Gasteiger partial charge in [-0.2, -0.15) is 11.8 Å². The highest BCUT2D eigenvalue weighted by atomic mass is 32.2. The van der Waals surface area contributed by atoms with Crippen molar-refractivity contribution in [2.45, 2.75) is 201 Å². The molecule has 0 spiro atoms. The fraction of sp³-hybridized carbons (Fsp3) is 1.00. The van der Waals surface area contributed by atoms with Crippen LogP contribution < -0.4 is 0 Å². The molecule has 0 aromatic rings. The van der Waals surface area contributed by atoms with Crippen molar-refractivity contribution in [1.82, 2.24) is 4.90 Å². The van der Waals surface area contributed by atoms with Crippen molar-refractivity contribution in [2.75, 3.05) is 0 Å². The van der Waals surface area contributed by atoms with Crippen molar-refractivity contribution in [3.8, 4) is 0 Å². The van der Waals surface area contributed by atoms with Gasteiger partial charge in [0.05, 0.1) is 12.2 Å². The first-order chi connectivity index (χ1) is 21.3. The van der Waals surface area contributed by atoms with E-state index in [0.717, 1.165) is 76.0 Å². The van der Waals surface area contributed by atoms with E-state index < -0.39 is 0 Å². The molecule has 0 aromatic heterocycles. The van der Waals surface area contributed by atoms with Crippen molar-refractivity contribution in [2.24, 2.45) is 47.3 Å². The number of hydrogen-bond donors (Lipinski definition) is 0. The summed E-state index contributed by atoms with van der Waals surface area (Å²) in [7, 11) is 0. The Morgan fingerprint density at radius 2 is 1.05 bits per heavy atom. The molecule has 2 saturated heterocycles. The topological polar surface area (TPSA) is 12.5 Å². The lowest BCUT2D eigenvalue weighted by atomic mass is 9.62. The lowest BCUT2D eigenvalue weighted by molar-refractivity contribution is -0.0166. The van der Waals surface area contributed by atoms with Gasteiger partial charge in [0.25, 0.3) is 0 Å². The second kappa shape index (κ2) is 12.7. The van der Waals surface area contributed by atoms with Crippen LogP contribution in [0.25, 0.3) is 0 Å². The van der Waals surface area contributed by atoms with Gasteiger partial charge in [-0.15, -0.1) is 0 Å². The highest BCUT2D eigenvalue weighted by Gasteiger charge is 2.59. The molecule has 43 heavy (non-hydrogen) atoms. The first-order valence-electron chi connectivity index (χ1n) is 20.4. The molecule has 12 unspecified atom stereocenters. The van der Waals surface area contributed by atoms with Gasteiger partial charge in [0, 0.05) is 34.5 Å². The predicted octanol–water partition coefficient (Wildman–Crippen LogP) is 10.4. The summed E-state index contributed by atoms with van der Waals surface area (Å²) >= 11 is 2.59. The molecule has 0 bridgehead atoms. The van der Waals surface area contributed by atoms with Crippen molar-refractivity contribution in [3.63, 3.8) is 0 Å². The van der Waals surface area contributed by atoms with Crippen molar-refractivity contribution < 1.29 is 4.74 Å². The van der Waals surface area contributed by atoms with Gasteiger partial charge in [0.1, 0.15) is 0 Å². The second-order valence-corrected chi connectivity index (χ2v) is 19.2. The Kier molecular flexibility index (Phi) is 8.69. The Balaban J connectivity index is 0.879. The third-order valence-electron chi connectivity index (χ3n) is 16.1. The molecule has 242 valence electrons. The van der Waals surface area contributed by atoms with Gasteiger partial charge in [0.2, 0.25) is 0 Å². The smallest absolute Gasteiger partial charge is 0.0621 e. The van der Waals surface area contributed by atoms with Crippen molar-refractivity contribution in [3.05, 3.63) is 0 Å². The lowest BCUT2D eigenvalue weighted by Gasteiger charge is -2.52. The summed E-state index contributed by atoms with van der Waals surface area (Å²) in [4.78, 5) is 3.28. The molecule has 0 N–H and O–H groups in total. The fourth-order valence-electron chi connectivity index (χ4n) is 14.3. The SMILES string of the molecule is C1CCC(N(C2CCC(C3CCCC4C5CCC6OC7CCCCC7C6C5SC34)CC2)C2CCC3CCCCC3C2)CC1. The van der Waals surface area contributed by atoms with Crippen LogP contribution in [0.2, 0.25) is 0 Å². The highest BCUT2D eigenvalue weighted by Crippen LogP contribution is 2.63. The summed E-state index contributed by atoms with van der Waals surface area (Å²) in [6.45, 7) is 0. The number of hydrogen-bond acceptors (Lipinski definition) is 3. The summed E-state index contributed by atoms with van der Waals surface area (Å²) < 4.78 is 6.82. The Bertz CT molecular complexity index is 941. The van der Waals surface area contributed by atoms with Crippen LogP contribution in [0.1, 0.15) is 161 Å². The first kappa shape index (κ1) is 29.4. The molecule has 2 nitrogen and oxygen atoms in total. The van der Waals surface area contributed by atoms with Crippen LogP contribution in [0.3, 0.4) is 0 Å². The van der Waals surface area contributed by atoms with Crippen LogP contribution >= 0.6 is 11.8 Å². The maximum atomic E-state index is 6.82. The van der Waals surface area contributed by atoms with Crippen LogP contribution in [0.15, 0.2) is 0 Å². The minimum Gasteiger partial charge on any atom is -0.374 e. The number of ether oxygens (including phenoxy) is 1. The largest absolute Gasteiger partial charge is 0.374 e. The number of nitrogens with zero attached hydrogens (tertiary/aromatic N) is 1. The van der Waals surface area contributed by atoms with E-state index in [1.54, 1.807) is 70.6 Å². The maximum absolute atomic E-state index is 6.82. The molecule has 2 aliphatic heterocycles. The molecule has 9 aliphatic rings. The average Bonchev–Trinajstić information content (AvgIpc) is 3.64. The molecule has 9 fully saturated rings. The van der Waals surface area contributed by atoms with E-state index in [-0.39, 0.29) is 0 Å². The zero-order chi connectivity index (χ0) is 28.3. The highest BCUT2D eigenvalue weighted by molar-refractivity contribution is 8.00. The summed E-state index contributed by atoms with van der Waals surface area (Å²) in [5.74, 6) is 8.18. The van der Waals surface area contributed by atoms with Gasteiger partial charge in [-0.05, 0) is 138 Å². The third-order valence-corrected chi connectivity index (χ3v) is 18.1. The molecule has 7 aliphatic carbocycles. The molecular formula is C40H65NOS. The van der Waals surface area contributed by atoms with Crippen molar-refractivity contribution >= 4 is 11.8 Å². The predicted molar refractivity (Wildman–Crippen MR) is 180 cm³/mol. The molecule has 0 aromatic carbocycles.